The number of ether oxygens (including phenoxy) is 2. The van der Waals surface area contributed by atoms with Gasteiger partial charge in [0.25, 0.3) is 0 Å². The van der Waals surface area contributed by atoms with Gasteiger partial charge in [0.15, 0.2) is 0 Å². The molecule has 60 heavy (non-hydrogen) atoms. The van der Waals surface area contributed by atoms with E-state index in [1.54, 1.807) is 6.33 Å². The van der Waals surface area contributed by atoms with E-state index in [9.17, 15) is 14.4 Å². The molecule has 2 atom stereocenters. The van der Waals surface area contributed by atoms with E-state index in [0.717, 1.165) is 44.5 Å². The average Bonchev–Trinajstić information content (AvgIpc) is 3.89. The van der Waals surface area contributed by atoms with E-state index in [4.69, 9.17) is 14.5 Å². The summed E-state index contributed by atoms with van der Waals surface area (Å²) in [7, 11) is 0. The van der Waals surface area contributed by atoms with Gasteiger partial charge in [0, 0.05) is 25.5 Å². The fourth-order valence-corrected chi connectivity index (χ4v) is 8.41. The molecule has 1 aliphatic carbocycles. The van der Waals surface area contributed by atoms with Crippen LogP contribution in [0.4, 0.5) is 4.79 Å². The van der Waals surface area contributed by atoms with Gasteiger partial charge in [-0.15, -0.1) is 0 Å². The van der Waals surface area contributed by atoms with Crippen molar-refractivity contribution < 1.29 is 23.9 Å². The number of imidazole rings is 1. The molecule has 0 aliphatic heterocycles. The second-order valence-electron chi connectivity index (χ2n) is 15.0. The maximum Gasteiger partial charge on any atom is 0.407 e. The quantitative estimate of drug-likeness (QED) is 0.0797. The molecule has 0 radical (unpaired) electrons. The third kappa shape index (κ3) is 8.47. The second-order valence-corrected chi connectivity index (χ2v) is 15.0. The Morgan fingerprint density at radius 1 is 0.633 bits per heavy atom. The van der Waals surface area contributed by atoms with E-state index in [-0.39, 0.29) is 25.6 Å². The van der Waals surface area contributed by atoms with Crippen molar-refractivity contribution in [2.24, 2.45) is 0 Å². The van der Waals surface area contributed by atoms with Crippen molar-refractivity contribution in [1.82, 2.24) is 20.2 Å². The molecule has 0 fully saturated rings. The normalized spacial score (nSPS) is 13.0. The maximum absolute atomic E-state index is 14.4. The van der Waals surface area contributed by atoms with E-state index < -0.39 is 35.6 Å². The van der Waals surface area contributed by atoms with Crippen LogP contribution in [0.15, 0.2) is 182 Å². The minimum absolute atomic E-state index is 0.0447. The molecule has 6 aromatic carbocycles. The van der Waals surface area contributed by atoms with Crippen molar-refractivity contribution in [2.45, 2.75) is 43.3 Å². The number of nitrogens with one attached hydrogen (secondary N) is 2. The third-order valence-electron chi connectivity index (χ3n) is 11.1. The Bertz CT molecular complexity index is 2400. The summed E-state index contributed by atoms with van der Waals surface area (Å²) in [6.45, 7) is 1.37. The Labute approximate surface area is 350 Å². The number of rotatable bonds is 15. The molecule has 7 aromatic rings. The number of fused-ring (bicyclic) bond motifs is 3. The summed E-state index contributed by atoms with van der Waals surface area (Å²) >= 11 is 0. The highest BCUT2D eigenvalue weighted by atomic mass is 16.5. The third-order valence-corrected chi connectivity index (χ3v) is 11.1. The molecule has 9 heteroatoms. The zero-order valence-corrected chi connectivity index (χ0v) is 33.3. The highest BCUT2D eigenvalue weighted by Crippen LogP contribution is 2.45. The number of carbonyl (C=O) groups excluding carboxylic acids is 3. The van der Waals surface area contributed by atoms with Gasteiger partial charge in [-0.2, -0.15) is 0 Å². The van der Waals surface area contributed by atoms with Crippen LogP contribution < -0.4 is 10.6 Å². The minimum Gasteiger partial charge on any atom is -0.464 e. The lowest BCUT2D eigenvalue weighted by Gasteiger charge is -2.37. The van der Waals surface area contributed by atoms with Crippen LogP contribution in [-0.4, -0.2) is 52.8 Å². The Hall–Kier alpha value is -7.26. The van der Waals surface area contributed by atoms with Gasteiger partial charge in [-0.05, 0) is 50.9 Å². The van der Waals surface area contributed by atoms with E-state index >= 15 is 0 Å². The molecule has 2 N–H and O–H groups in total. The summed E-state index contributed by atoms with van der Waals surface area (Å²) in [6, 6.07) is 55.0. The largest absolute Gasteiger partial charge is 0.464 e. The summed E-state index contributed by atoms with van der Waals surface area (Å²) in [6.07, 6.45) is 3.43. The number of esters is 1. The molecule has 0 saturated carbocycles. The highest BCUT2D eigenvalue weighted by molar-refractivity contribution is 5.86. The molecule has 9 nitrogen and oxygen atoms in total. The van der Waals surface area contributed by atoms with Crippen molar-refractivity contribution in [1.29, 1.82) is 0 Å². The van der Waals surface area contributed by atoms with Crippen LogP contribution >= 0.6 is 0 Å². The first-order valence-electron chi connectivity index (χ1n) is 20.2. The van der Waals surface area contributed by atoms with Gasteiger partial charge < -0.3 is 24.7 Å². The number of nitrogens with zero attached hydrogens (tertiary/aromatic N) is 2. The molecule has 1 unspecified atom stereocenters. The van der Waals surface area contributed by atoms with Crippen LogP contribution in [-0.2, 0) is 37.4 Å². The Morgan fingerprint density at radius 3 is 1.67 bits per heavy atom. The van der Waals surface area contributed by atoms with Gasteiger partial charge in [-0.25, -0.2) is 9.78 Å². The first kappa shape index (κ1) is 39.6. The zero-order valence-electron chi connectivity index (χ0n) is 33.3. The first-order valence-corrected chi connectivity index (χ1v) is 20.2. The minimum atomic E-state index is -1.10. The molecule has 1 aliphatic rings. The molecular weight excluding hydrogens is 749 g/mol. The van der Waals surface area contributed by atoms with Crippen molar-refractivity contribution in [3.8, 4) is 11.1 Å². The smallest absolute Gasteiger partial charge is 0.407 e. The molecule has 0 saturated heterocycles. The lowest BCUT2D eigenvalue weighted by atomic mass is 9.77. The van der Waals surface area contributed by atoms with E-state index in [2.05, 4.69) is 75.9 Å². The van der Waals surface area contributed by atoms with Gasteiger partial charge in [0.1, 0.15) is 24.8 Å². The maximum atomic E-state index is 14.4. The van der Waals surface area contributed by atoms with Gasteiger partial charge >= 0.3 is 12.1 Å². The van der Waals surface area contributed by atoms with Crippen LogP contribution in [0.3, 0.4) is 0 Å². The molecule has 2 amide bonds. The van der Waals surface area contributed by atoms with E-state index in [1.165, 1.54) is 6.92 Å². The highest BCUT2D eigenvalue weighted by Gasteiger charge is 2.39. The Balaban J connectivity index is 1.11. The van der Waals surface area contributed by atoms with Crippen LogP contribution in [0, 0.1) is 0 Å². The summed E-state index contributed by atoms with van der Waals surface area (Å²) in [5.74, 6) is -1.08. The molecular formula is C51H46N4O5. The lowest BCUT2D eigenvalue weighted by Crippen LogP contribution is -2.52. The summed E-state index contributed by atoms with van der Waals surface area (Å²) in [5.41, 5.74) is 8.16. The molecule has 8 rings (SSSR count). The molecule has 1 aromatic heterocycles. The first-order chi connectivity index (χ1) is 29.4. The number of hydrogen-bond acceptors (Lipinski definition) is 6. The standard InChI is InChI=1S/C51H46N4O5/c1-36(56)59-33-42(30-37-18-6-2-7-19-37)53-49(57)48(54-50(58)60-34-47-45-28-16-14-26-43(45)44-27-15-17-29-46(44)47)31-41-32-55(35-52-41)51(38-20-8-3-9-21-38,39-22-10-4-11-23-39)40-24-12-5-13-25-40/h2-29,32,35,42,47-48H,30-31,33-34H2,1H3,(H,53,57)(H,54,58)/t42?,48-/m0/s1. The summed E-state index contributed by atoms with van der Waals surface area (Å²) in [5, 5.41) is 5.95. The topological polar surface area (TPSA) is 112 Å². The lowest BCUT2D eigenvalue weighted by molar-refractivity contribution is -0.142. The van der Waals surface area contributed by atoms with Crippen molar-refractivity contribution >= 4 is 18.0 Å². The van der Waals surface area contributed by atoms with Crippen LogP contribution in [0.25, 0.3) is 11.1 Å². The predicted molar refractivity (Wildman–Crippen MR) is 231 cm³/mol. The monoisotopic (exact) mass is 794 g/mol. The number of benzene rings is 6. The number of alkyl carbamates (subject to hydrolysis) is 1. The van der Waals surface area contributed by atoms with Crippen molar-refractivity contribution in [2.75, 3.05) is 13.2 Å². The van der Waals surface area contributed by atoms with E-state index in [0.29, 0.717) is 12.1 Å². The fraction of sp³-hybridized carbons (Fsp3) is 0.176. The van der Waals surface area contributed by atoms with Gasteiger partial charge in [0.05, 0.1) is 18.1 Å². The Kier molecular flexibility index (Phi) is 11.9. The molecule has 0 bridgehead atoms. The predicted octanol–water partition coefficient (Wildman–Crippen LogP) is 8.46. The fourth-order valence-electron chi connectivity index (χ4n) is 8.41. The average molecular weight is 795 g/mol. The number of carbonyl (C=O) groups is 3. The molecule has 1 heterocycles. The number of hydrogen-bond donors (Lipinski definition) is 2. The van der Waals surface area contributed by atoms with Crippen molar-refractivity contribution in [3.05, 3.63) is 221 Å². The SMILES string of the molecule is CC(=O)OCC(Cc1ccccc1)NC(=O)[C@H](Cc1cn(C(c2ccccc2)(c2ccccc2)c2ccccc2)cn1)NC(=O)OCC1c2ccccc2-c2ccccc21. The molecule has 300 valence electrons. The zero-order chi connectivity index (χ0) is 41.3. The van der Waals surface area contributed by atoms with Gasteiger partial charge in [-0.3, -0.25) is 9.59 Å². The van der Waals surface area contributed by atoms with Gasteiger partial charge in [-0.1, -0.05) is 170 Å². The Morgan fingerprint density at radius 2 is 1.13 bits per heavy atom. The van der Waals surface area contributed by atoms with Crippen LogP contribution in [0.1, 0.15) is 51.9 Å². The van der Waals surface area contributed by atoms with Crippen LogP contribution in [0.2, 0.25) is 0 Å². The second kappa shape index (κ2) is 18.1. The summed E-state index contributed by atoms with van der Waals surface area (Å²) < 4.78 is 13.4. The molecule has 0 spiro atoms. The number of amides is 2. The van der Waals surface area contributed by atoms with Gasteiger partial charge in [0.2, 0.25) is 5.91 Å². The van der Waals surface area contributed by atoms with Crippen molar-refractivity contribution in [3.63, 3.8) is 0 Å². The van der Waals surface area contributed by atoms with Crippen LogP contribution in [0.5, 0.6) is 0 Å². The number of aromatic nitrogens is 2. The van der Waals surface area contributed by atoms with E-state index in [1.807, 2.05) is 115 Å². The summed E-state index contributed by atoms with van der Waals surface area (Å²) in [4.78, 5) is 45.0.